The molecule has 0 atom stereocenters. The number of nitrogens with two attached hydrogens (primary N) is 1. The van der Waals surface area contributed by atoms with E-state index >= 15 is 0 Å². The lowest BCUT2D eigenvalue weighted by atomic mass is 9.97. The summed E-state index contributed by atoms with van der Waals surface area (Å²) in [5.41, 5.74) is 5.30. The largest absolute Gasteiger partial charge is 0.325 e. The van der Waals surface area contributed by atoms with Crippen LogP contribution in [0, 0.1) is 0 Å². The molecule has 0 saturated carbocycles. The average molecular weight is 155 g/mol. The molecule has 0 spiro atoms. The van der Waals surface area contributed by atoms with E-state index in [0.29, 0.717) is 12.8 Å². The number of ketones is 1. The van der Waals surface area contributed by atoms with Crippen LogP contribution in [0.3, 0.4) is 0 Å². The molecule has 0 radical (unpaired) electrons. The van der Waals surface area contributed by atoms with Crippen molar-refractivity contribution >= 4 is 5.78 Å². The van der Waals surface area contributed by atoms with E-state index in [2.05, 4.69) is 6.58 Å². The molecule has 0 rings (SSSR count). The highest BCUT2D eigenvalue weighted by Gasteiger charge is 2.14. The molecular weight excluding hydrogens is 138 g/mol. The molecule has 0 aliphatic rings. The van der Waals surface area contributed by atoms with Gasteiger partial charge in [-0.2, -0.15) is 0 Å². The molecule has 2 N–H and O–H groups in total. The lowest BCUT2D eigenvalue weighted by molar-refractivity contribution is -0.119. The van der Waals surface area contributed by atoms with E-state index < -0.39 is 0 Å². The summed E-state index contributed by atoms with van der Waals surface area (Å²) < 4.78 is 0. The van der Waals surface area contributed by atoms with Crippen molar-refractivity contribution in [1.82, 2.24) is 0 Å². The van der Waals surface area contributed by atoms with Gasteiger partial charge in [0.05, 0.1) is 0 Å². The van der Waals surface area contributed by atoms with Crippen molar-refractivity contribution in [2.45, 2.75) is 38.6 Å². The van der Waals surface area contributed by atoms with Crippen molar-refractivity contribution in [2.24, 2.45) is 5.73 Å². The first-order chi connectivity index (χ1) is 4.95. The van der Waals surface area contributed by atoms with Crippen LogP contribution >= 0.6 is 0 Å². The van der Waals surface area contributed by atoms with Crippen LogP contribution in [0.15, 0.2) is 12.7 Å². The Morgan fingerprint density at radius 3 is 2.55 bits per heavy atom. The standard InChI is InChI=1S/C9H17NO/c1-4-5-6-8(11)7-9(2,3)10/h4H,1,5-7,10H2,2-3H3. The third-order valence-electron chi connectivity index (χ3n) is 1.28. The molecule has 0 aliphatic heterocycles. The first-order valence-corrected chi connectivity index (χ1v) is 3.87. The molecule has 0 saturated heterocycles. The van der Waals surface area contributed by atoms with Crippen molar-refractivity contribution < 1.29 is 4.79 Å². The minimum absolute atomic E-state index is 0.220. The zero-order valence-corrected chi connectivity index (χ0v) is 7.39. The molecule has 11 heavy (non-hydrogen) atoms. The van der Waals surface area contributed by atoms with Crippen molar-refractivity contribution in [3.8, 4) is 0 Å². The first-order valence-electron chi connectivity index (χ1n) is 3.87. The molecule has 0 aromatic heterocycles. The topological polar surface area (TPSA) is 43.1 Å². The van der Waals surface area contributed by atoms with Crippen LogP contribution in [0.5, 0.6) is 0 Å². The van der Waals surface area contributed by atoms with Gasteiger partial charge in [-0.05, 0) is 20.3 Å². The monoisotopic (exact) mass is 155 g/mol. The first kappa shape index (κ1) is 10.4. The Kier molecular flexibility index (Phi) is 4.04. The van der Waals surface area contributed by atoms with Crippen LogP contribution in [0.2, 0.25) is 0 Å². The van der Waals surface area contributed by atoms with E-state index in [1.165, 1.54) is 0 Å². The molecule has 0 heterocycles. The minimum atomic E-state index is -0.363. The summed E-state index contributed by atoms with van der Waals surface area (Å²) in [4.78, 5) is 11.1. The lowest BCUT2D eigenvalue weighted by Gasteiger charge is -2.16. The number of carbonyl (C=O) groups is 1. The predicted octanol–water partition coefficient (Wildman–Crippen LogP) is 1.65. The van der Waals surface area contributed by atoms with E-state index in [1.807, 2.05) is 13.8 Å². The molecule has 0 bridgehead atoms. The number of hydrogen-bond acceptors (Lipinski definition) is 2. The van der Waals surface area contributed by atoms with Crippen molar-refractivity contribution in [2.75, 3.05) is 0 Å². The number of Topliss-reactive ketones (excluding diaryl/α,β-unsaturated/α-hetero) is 1. The summed E-state index contributed by atoms with van der Waals surface area (Å²) in [6, 6.07) is 0. The van der Waals surface area contributed by atoms with Gasteiger partial charge < -0.3 is 5.73 Å². The third-order valence-corrected chi connectivity index (χ3v) is 1.28. The molecule has 0 aromatic carbocycles. The smallest absolute Gasteiger partial charge is 0.135 e. The van der Waals surface area contributed by atoms with Gasteiger partial charge in [0, 0.05) is 18.4 Å². The Bertz CT molecular complexity index is 144. The van der Waals surface area contributed by atoms with Gasteiger partial charge in [0.1, 0.15) is 5.78 Å². The van der Waals surface area contributed by atoms with Gasteiger partial charge >= 0.3 is 0 Å². The number of hydrogen-bond donors (Lipinski definition) is 1. The molecule has 0 unspecified atom stereocenters. The SMILES string of the molecule is C=CCCC(=O)CC(C)(C)N. The molecule has 2 heteroatoms. The van der Waals surface area contributed by atoms with E-state index in [9.17, 15) is 4.79 Å². The van der Waals surface area contributed by atoms with Crippen LogP contribution in [-0.2, 0) is 4.79 Å². The highest BCUT2D eigenvalue weighted by Crippen LogP contribution is 2.07. The van der Waals surface area contributed by atoms with Gasteiger partial charge in [-0.1, -0.05) is 6.08 Å². The quantitative estimate of drug-likeness (QED) is 0.613. The Balaban J connectivity index is 3.61. The summed E-state index contributed by atoms with van der Waals surface area (Å²) >= 11 is 0. The zero-order valence-electron chi connectivity index (χ0n) is 7.39. The Hall–Kier alpha value is -0.630. The van der Waals surface area contributed by atoms with E-state index in [0.717, 1.165) is 6.42 Å². The zero-order chi connectivity index (χ0) is 8.91. The van der Waals surface area contributed by atoms with Crippen LogP contribution in [0.4, 0.5) is 0 Å². The molecule has 2 nitrogen and oxygen atoms in total. The molecule has 0 aromatic rings. The molecule has 0 fully saturated rings. The fraction of sp³-hybridized carbons (Fsp3) is 0.667. The number of rotatable bonds is 5. The Labute approximate surface area is 68.5 Å². The maximum atomic E-state index is 11.1. The minimum Gasteiger partial charge on any atom is -0.325 e. The highest BCUT2D eigenvalue weighted by molar-refractivity contribution is 5.79. The summed E-state index contributed by atoms with van der Waals surface area (Å²) in [6.07, 6.45) is 3.54. The van der Waals surface area contributed by atoms with Gasteiger partial charge in [0.25, 0.3) is 0 Å². The molecule has 0 amide bonds. The van der Waals surface area contributed by atoms with Gasteiger partial charge in [0.15, 0.2) is 0 Å². The average Bonchev–Trinajstić information content (AvgIpc) is 1.79. The van der Waals surface area contributed by atoms with Crippen molar-refractivity contribution in [3.63, 3.8) is 0 Å². The Morgan fingerprint density at radius 1 is 1.64 bits per heavy atom. The van der Waals surface area contributed by atoms with Crippen LogP contribution < -0.4 is 5.73 Å². The number of allylic oxidation sites excluding steroid dienone is 1. The van der Waals surface area contributed by atoms with Crippen LogP contribution in [-0.4, -0.2) is 11.3 Å². The summed E-state index contributed by atoms with van der Waals surface area (Å²) in [7, 11) is 0. The molecule has 64 valence electrons. The summed E-state index contributed by atoms with van der Waals surface area (Å²) in [6.45, 7) is 7.27. The fourth-order valence-corrected chi connectivity index (χ4v) is 0.860. The maximum absolute atomic E-state index is 11.1. The second-order valence-electron chi connectivity index (χ2n) is 3.53. The van der Waals surface area contributed by atoms with Crippen molar-refractivity contribution in [3.05, 3.63) is 12.7 Å². The van der Waals surface area contributed by atoms with E-state index in [1.54, 1.807) is 6.08 Å². The van der Waals surface area contributed by atoms with Gasteiger partial charge in [0.2, 0.25) is 0 Å². The van der Waals surface area contributed by atoms with E-state index in [4.69, 9.17) is 5.73 Å². The normalized spacial score (nSPS) is 11.2. The van der Waals surface area contributed by atoms with Gasteiger partial charge in [-0.25, -0.2) is 0 Å². The third kappa shape index (κ3) is 7.26. The van der Waals surface area contributed by atoms with Gasteiger partial charge in [-0.15, -0.1) is 6.58 Å². The lowest BCUT2D eigenvalue weighted by Crippen LogP contribution is -2.34. The fourth-order valence-electron chi connectivity index (χ4n) is 0.860. The molecular formula is C9H17NO. The van der Waals surface area contributed by atoms with Gasteiger partial charge in [-0.3, -0.25) is 4.79 Å². The second kappa shape index (κ2) is 4.29. The second-order valence-corrected chi connectivity index (χ2v) is 3.53. The van der Waals surface area contributed by atoms with Crippen LogP contribution in [0.25, 0.3) is 0 Å². The highest BCUT2D eigenvalue weighted by atomic mass is 16.1. The predicted molar refractivity (Wildman–Crippen MR) is 47.3 cm³/mol. The maximum Gasteiger partial charge on any atom is 0.135 e. The molecule has 0 aliphatic carbocycles. The Morgan fingerprint density at radius 2 is 2.18 bits per heavy atom. The summed E-state index contributed by atoms with van der Waals surface area (Å²) in [5, 5.41) is 0. The van der Waals surface area contributed by atoms with E-state index in [-0.39, 0.29) is 11.3 Å². The van der Waals surface area contributed by atoms with Crippen LogP contribution in [0.1, 0.15) is 33.1 Å². The number of carbonyl (C=O) groups excluding carboxylic acids is 1. The van der Waals surface area contributed by atoms with Crippen molar-refractivity contribution in [1.29, 1.82) is 0 Å². The summed E-state index contributed by atoms with van der Waals surface area (Å²) in [5.74, 6) is 0.220.